The zero-order valence-corrected chi connectivity index (χ0v) is 51.9. The lowest BCUT2D eigenvalue weighted by atomic mass is 9.80. The molecule has 2 aliphatic rings. The van der Waals surface area contributed by atoms with E-state index in [1.54, 1.807) is 13.8 Å². The maximum atomic E-state index is 14.0. The number of aliphatic hydroxyl groups excluding tert-OH is 1. The Morgan fingerprint density at radius 3 is 1.02 bits per heavy atom. The van der Waals surface area contributed by atoms with E-state index in [1.807, 2.05) is 224 Å². The minimum atomic E-state index is -1.09. The topological polar surface area (TPSA) is 223 Å². The van der Waals surface area contributed by atoms with Crippen LogP contribution in [0, 0.1) is 0 Å². The Balaban J connectivity index is 0.000000222. The number of benzene rings is 9. The van der Waals surface area contributed by atoms with Gasteiger partial charge in [-0.15, -0.1) is 0 Å². The molecule has 9 aromatic carbocycles. The summed E-state index contributed by atoms with van der Waals surface area (Å²) in [5.74, 6) is -2.09. The number of nitrogens with one attached hydrogen (secondary N) is 6. The quantitative estimate of drug-likeness (QED) is 0.0268. The van der Waals surface area contributed by atoms with E-state index in [0.29, 0.717) is 13.1 Å². The molecule has 0 saturated heterocycles. The first-order valence-electron chi connectivity index (χ1n) is 31.3. The summed E-state index contributed by atoms with van der Waals surface area (Å²) in [6, 6.07) is 77.2. The predicted molar refractivity (Wildman–Crippen MR) is 357 cm³/mol. The summed E-state index contributed by atoms with van der Waals surface area (Å²) in [5.41, 5.74) is 12.4. The zero-order valence-electron chi connectivity index (χ0n) is 51.9. The highest BCUT2D eigenvalue weighted by Gasteiger charge is 2.39. The summed E-state index contributed by atoms with van der Waals surface area (Å²) in [5, 5.41) is 25.8. The number of aliphatic hydroxyl groups is 1. The van der Waals surface area contributed by atoms with Gasteiger partial charge in [0.1, 0.15) is 43.0 Å². The maximum Gasteiger partial charge on any atom is 0.407 e. The fourth-order valence-electron chi connectivity index (χ4n) is 12.0. The number of ether oxygens (including phenoxy) is 3. The first-order chi connectivity index (χ1) is 45.4. The van der Waals surface area contributed by atoms with Crippen LogP contribution in [0.15, 0.2) is 249 Å². The van der Waals surface area contributed by atoms with Crippen molar-refractivity contribution in [1.82, 2.24) is 31.9 Å². The third-order valence-corrected chi connectivity index (χ3v) is 16.7. The van der Waals surface area contributed by atoms with Crippen molar-refractivity contribution in [2.45, 2.75) is 81.4 Å². The Kier molecular flexibility index (Phi) is 22.4. The van der Waals surface area contributed by atoms with Gasteiger partial charge in [-0.3, -0.25) is 19.2 Å². The molecule has 0 saturated carbocycles. The number of amides is 6. The molecule has 93 heavy (non-hydrogen) atoms. The Hall–Kier alpha value is -10.7. The van der Waals surface area contributed by atoms with Gasteiger partial charge in [0, 0.05) is 38.0 Å². The summed E-state index contributed by atoms with van der Waals surface area (Å²) in [4.78, 5) is 78.5. The lowest BCUT2D eigenvalue weighted by Crippen LogP contribution is -2.53. The second-order valence-corrected chi connectivity index (χ2v) is 22.8. The highest BCUT2D eigenvalue weighted by Crippen LogP contribution is 2.46. The van der Waals surface area contributed by atoms with Crippen molar-refractivity contribution >= 4 is 35.8 Å². The second-order valence-electron chi connectivity index (χ2n) is 22.8. The van der Waals surface area contributed by atoms with Gasteiger partial charge in [0.15, 0.2) is 0 Å². The third kappa shape index (κ3) is 16.3. The summed E-state index contributed by atoms with van der Waals surface area (Å²) in [6.07, 6.45) is -1.44. The van der Waals surface area contributed by atoms with Crippen molar-refractivity contribution < 1.29 is 48.1 Å². The van der Waals surface area contributed by atoms with Crippen LogP contribution in [0.2, 0.25) is 0 Å². The molecule has 9 aromatic rings. The number of rotatable bonds is 25. The molecular formula is C77H76N6O10. The Labute approximate surface area is 542 Å². The van der Waals surface area contributed by atoms with Gasteiger partial charge in [-0.2, -0.15) is 0 Å². The zero-order chi connectivity index (χ0) is 64.9. The summed E-state index contributed by atoms with van der Waals surface area (Å²) < 4.78 is 18.3. The van der Waals surface area contributed by atoms with Gasteiger partial charge < -0.3 is 51.2 Å². The molecule has 11 rings (SSSR count). The molecule has 0 fully saturated rings. The molecule has 0 spiro atoms. The number of carbonyl (C=O) groups is 6. The molecule has 0 aliphatic heterocycles. The highest BCUT2D eigenvalue weighted by molar-refractivity contribution is 5.92. The average Bonchev–Trinajstić information content (AvgIpc) is 1.77. The maximum absolute atomic E-state index is 14.0. The molecular weight excluding hydrogens is 1170 g/mol. The van der Waals surface area contributed by atoms with Crippen molar-refractivity contribution in [3.05, 3.63) is 299 Å². The molecule has 0 radical (unpaired) electrons. The smallest absolute Gasteiger partial charge is 0.407 e. The lowest BCUT2D eigenvalue weighted by Gasteiger charge is -2.36. The van der Waals surface area contributed by atoms with E-state index in [4.69, 9.17) is 14.2 Å². The molecule has 2 aliphatic carbocycles. The molecule has 474 valence electrons. The van der Waals surface area contributed by atoms with Crippen molar-refractivity contribution in [2.75, 3.05) is 26.4 Å². The van der Waals surface area contributed by atoms with Crippen LogP contribution in [0.3, 0.4) is 0 Å². The van der Waals surface area contributed by atoms with E-state index in [1.165, 1.54) is 0 Å². The molecule has 16 nitrogen and oxygen atoms in total. The first-order valence-corrected chi connectivity index (χ1v) is 31.3. The van der Waals surface area contributed by atoms with Gasteiger partial charge in [-0.05, 0) is 92.6 Å². The normalized spacial score (nSPS) is 13.3. The van der Waals surface area contributed by atoms with Crippen LogP contribution in [-0.4, -0.2) is 91.5 Å². The van der Waals surface area contributed by atoms with Crippen LogP contribution in [0.25, 0.3) is 22.3 Å². The van der Waals surface area contributed by atoms with E-state index in [0.717, 1.165) is 72.3 Å². The van der Waals surface area contributed by atoms with Gasteiger partial charge >= 0.3 is 12.2 Å². The first kappa shape index (κ1) is 65.3. The Bertz CT molecular complexity index is 3780. The van der Waals surface area contributed by atoms with Crippen LogP contribution in [0.1, 0.15) is 88.6 Å². The molecule has 6 amide bonds. The molecule has 16 heteroatoms. The van der Waals surface area contributed by atoms with Crippen molar-refractivity contribution in [3.63, 3.8) is 0 Å². The van der Waals surface area contributed by atoms with Gasteiger partial charge in [0.05, 0.1) is 6.61 Å². The van der Waals surface area contributed by atoms with Crippen molar-refractivity contribution in [1.29, 1.82) is 0 Å². The fourth-order valence-corrected chi connectivity index (χ4v) is 12.0. The van der Waals surface area contributed by atoms with Crippen LogP contribution in [0.5, 0.6) is 0 Å². The molecule has 0 bridgehead atoms. The number of alkyl carbamates (subject to hydrolysis) is 2. The highest BCUT2D eigenvalue weighted by atomic mass is 16.6. The van der Waals surface area contributed by atoms with E-state index >= 15 is 0 Å². The molecule has 0 aromatic heterocycles. The summed E-state index contributed by atoms with van der Waals surface area (Å²) in [7, 11) is 0. The lowest BCUT2D eigenvalue weighted by molar-refractivity contribution is -0.130. The second kappa shape index (κ2) is 31.9. The third-order valence-electron chi connectivity index (χ3n) is 16.7. The summed E-state index contributed by atoms with van der Waals surface area (Å²) >= 11 is 0. The number of hydrogen-bond acceptors (Lipinski definition) is 10. The number of hydrogen-bond donors (Lipinski definition) is 7. The standard InChI is InChI=1S/C48H45N3O5.C29H31N3O5/c1-34(45(52)49-32-35-18-6-2-7-19-35)50-46(53)44(51-47(54)55-33-43-41-28-16-14-26-39(41)40-27-15-17-29-42(40)43)30-31-56-48(36-20-8-3-9-21-36,37-22-10-4-11-23-37)38-24-12-5-13-25-38;1-19(27(34)30-17-20-9-3-2-4-10-20)31-28(35)26(15-16-33)32-29(36)37-18-25-23-13-7-5-11-21(23)22-12-6-8-14-24(22)25/h2-29,34,43-44H,30-33H2,1H3,(H,49,52)(H,50,53)(H,51,54);2-14,19,25-26,33H,15-18H2,1H3,(H,30,34)(H,31,35)(H,32,36). The van der Waals surface area contributed by atoms with E-state index < -0.39 is 53.8 Å². The van der Waals surface area contributed by atoms with E-state index in [9.17, 15) is 33.9 Å². The van der Waals surface area contributed by atoms with Crippen LogP contribution in [0.4, 0.5) is 9.59 Å². The van der Waals surface area contributed by atoms with Crippen molar-refractivity contribution in [2.24, 2.45) is 0 Å². The van der Waals surface area contributed by atoms with Gasteiger partial charge in [0.2, 0.25) is 23.6 Å². The van der Waals surface area contributed by atoms with Crippen LogP contribution >= 0.6 is 0 Å². The number of carbonyl (C=O) groups excluding carboxylic acids is 6. The molecule has 7 N–H and O–H groups in total. The fraction of sp³-hybridized carbons (Fsp3) is 0.221. The van der Waals surface area contributed by atoms with E-state index in [2.05, 4.69) is 56.2 Å². The Morgan fingerprint density at radius 2 is 0.688 bits per heavy atom. The Morgan fingerprint density at radius 1 is 0.387 bits per heavy atom. The van der Waals surface area contributed by atoms with Gasteiger partial charge in [0.25, 0.3) is 0 Å². The SMILES string of the molecule is CC(NC(=O)C(CCO)NC(=O)OCC1c2ccccc2-c2ccccc21)C(=O)NCc1ccccc1.CC(NC(=O)C(CCOC(c1ccccc1)(c1ccccc1)c1ccccc1)NC(=O)OCC1c2ccccc2-c2ccccc21)C(=O)NCc1ccccc1. The number of fused-ring (bicyclic) bond motifs is 6. The molecule has 0 heterocycles. The minimum absolute atomic E-state index is 0.0195. The van der Waals surface area contributed by atoms with Crippen molar-refractivity contribution in [3.8, 4) is 22.3 Å². The minimum Gasteiger partial charge on any atom is -0.449 e. The molecule has 4 atom stereocenters. The molecule has 4 unspecified atom stereocenters. The van der Waals surface area contributed by atoms with Gasteiger partial charge in [-0.1, -0.05) is 249 Å². The van der Waals surface area contributed by atoms with Gasteiger partial charge in [-0.25, -0.2) is 9.59 Å². The monoisotopic (exact) mass is 1240 g/mol. The summed E-state index contributed by atoms with van der Waals surface area (Å²) in [6.45, 7) is 3.75. The van der Waals surface area contributed by atoms with E-state index in [-0.39, 0.29) is 62.9 Å². The largest absolute Gasteiger partial charge is 0.449 e. The van der Waals surface area contributed by atoms with Crippen LogP contribution in [-0.2, 0) is 52.1 Å². The van der Waals surface area contributed by atoms with Crippen LogP contribution < -0.4 is 31.9 Å². The predicted octanol–water partition coefficient (Wildman–Crippen LogP) is 11.2. The average molecular weight is 1250 g/mol.